The third kappa shape index (κ3) is 6.09. The zero-order valence-electron chi connectivity index (χ0n) is 18.0. The summed E-state index contributed by atoms with van der Waals surface area (Å²) in [6.45, 7) is 4.42. The predicted octanol–water partition coefficient (Wildman–Crippen LogP) is 2.85. The molecule has 0 radical (unpaired) electrons. The number of anilines is 1. The van der Waals surface area contributed by atoms with Crippen molar-refractivity contribution in [2.24, 2.45) is 0 Å². The van der Waals surface area contributed by atoms with E-state index in [9.17, 15) is 9.90 Å². The summed E-state index contributed by atoms with van der Waals surface area (Å²) < 4.78 is 7.59. The van der Waals surface area contributed by atoms with Crippen LogP contribution in [0.25, 0.3) is 0 Å². The second kappa shape index (κ2) is 10.8. The highest BCUT2D eigenvalue weighted by Gasteiger charge is 2.23. The molecule has 1 atom stereocenters. The molecule has 1 aromatic heterocycles. The zero-order chi connectivity index (χ0) is 22.2. The highest BCUT2D eigenvalue weighted by atomic mass is 16.5. The lowest BCUT2D eigenvalue weighted by atomic mass is 10.1. The fraction of sp³-hybridized carbons (Fsp3) is 0.333. The molecule has 2 heterocycles. The molecule has 0 saturated carbocycles. The lowest BCUT2D eigenvalue weighted by Crippen LogP contribution is -2.50. The normalized spacial score (nSPS) is 15.3. The molecule has 0 spiro atoms. The molecule has 32 heavy (non-hydrogen) atoms. The number of carbonyl (C=O) groups excluding carboxylic acids is 1. The molecule has 2 aromatic carbocycles. The fourth-order valence-electron chi connectivity index (χ4n) is 3.71. The molecule has 2 N–H and O–H groups in total. The number of β-amino-alcohol motifs (C(OH)–C–C–N with tert-alkyl or cyclic N) is 1. The van der Waals surface area contributed by atoms with Crippen LogP contribution in [0.4, 0.5) is 10.5 Å². The van der Waals surface area contributed by atoms with Crippen LogP contribution in [0.3, 0.4) is 0 Å². The van der Waals surface area contributed by atoms with Crippen LogP contribution in [0.5, 0.6) is 5.75 Å². The molecule has 168 valence electrons. The summed E-state index contributed by atoms with van der Waals surface area (Å²) in [5, 5.41) is 17.5. The maximum Gasteiger partial charge on any atom is 0.321 e. The smallest absolute Gasteiger partial charge is 0.321 e. The second-order valence-electron chi connectivity index (χ2n) is 7.79. The Kier molecular flexibility index (Phi) is 7.37. The molecular weight excluding hydrogens is 406 g/mol. The van der Waals surface area contributed by atoms with Crippen molar-refractivity contribution in [3.63, 3.8) is 0 Å². The lowest BCUT2D eigenvalue weighted by Gasteiger charge is -2.35. The first-order valence-electron chi connectivity index (χ1n) is 10.9. The van der Waals surface area contributed by atoms with Crippen LogP contribution in [0.2, 0.25) is 0 Å². The molecule has 1 aliphatic rings. The van der Waals surface area contributed by atoms with Gasteiger partial charge in [-0.1, -0.05) is 36.4 Å². The minimum atomic E-state index is -0.521. The molecule has 1 saturated heterocycles. The van der Waals surface area contributed by atoms with Gasteiger partial charge < -0.3 is 20.1 Å². The van der Waals surface area contributed by atoms with E-state index in [1.807, 2.05) is 71.5 Å². The van der Waals surface area contributed by atoms with Gasteiger partial charge in [-0.05, 0) is 23.8 Å². The van der Waals surface area contributed by atoms with E-state index < -0.39 is 6.10 Å². The molecule has 8 heteroatoms. The molecule has 1 fully saturated rings. The van der Waals surface area contributed by atoms with Crippen molar-refractivity contribution in [3.05, 3.63) is 78.6 Å². The Bertz CT molecular complexity index is 972. The number of aliphatic hydroxyl groups excluding tert-OH is 1. The van der Waals surface area contributed by atoms with Gasteiger partial charge in [-0.2, -0.15) is 5.10 Å². The van der Waals surface area contributed by atoms with Crippen LogP contribution in [-0.4, -0.2) is 70.0 Å². The fourth-order valence-corrected chi connectivity index (χ4v) is 3.71. The molecule has 1 aliphatic heterocycles. The maximum absolute atomic E-state index is 12.7. The van der Waals surface area contributed by atoms with Crippen LogP contribution < -0.4 is 10.1 Å². The zero-order valence-corrected chi connectivity index (χ0v) is 18.0. The van der Waals surface area contributed by atoms with Crippen LogP contribution >= 0.6 is 0 Å². The minimum absolute atomic E-state index is 0.123. The Balaban J connectivity index is 1.21. The third-order valence-electron chi connectivity index (χ3n) is 5.51. The van der Waals surface area contributed by atoms with Crippen molar-refractivity contribution in [1.29, 1.82) is 0 Å². The SMILES string of the molecule is O=C(Nc1cccc(OCCn2cccn2)c1)N1CCN(CC(O)c2ccccc2)CC1. The molecule has 1 unspecified atom stereocenters. The number of piperazine rings is 1. The number of aliphatic hydroxyl groups is 1. The topological polar surface area (TPSA) is 82.9 Å². The molecule has 2 amide bonds. The van der Waals surface area contributed by atoms with Crippen molar-refractivity contribution >= 4 is 11.7 Å². The van der Waals surface area contributed by atoms with E-state index in [0.29, 0.717) is 44.2 Å². The number of rotatable bonds is 8. The number of urea groups is 1. The Hall–Kier alpha value is -3.36. The van der Waals surface area contributed by atoms with Gasteiger partial charge in [-0.15, -0.1) is 0 Å². The van der Waals surface area contributed by atoms with E-state index in [2.05, 4.69) is 15.3 Å². The highest BCUT2D eigenvalue weighted by Crippen LogP contribution is 2.19. The van der Waals surface area contributed by atoms with Gasteiger partial charge in [0.05, 0.1) is 12.6 Å². The van der Waals surface area contributed by atoms with Crippen molar-refractivity contribution in [3.8, 4) is 5.75 Å². The second-order valence-corrected chi connectivity index (χ2v) is 7.79. The Labute approximate surface area is 188 Å². The molecule has 0 bridgehead atoms. The van der Waals surface area contributed by atoms with Gasteiger partial charge in [0.15, 0.2) is 0 Å². The number of nitrogens with one attached hydrogen (secondary N) is 1. The number of aromatic nitrogens is 2. The van der Waals surface area contributed by atoms with E-state index in [4.69, 9.17) is 4.74 Å². The maximum atomic E-state index is 12.7. The summed E-state index contributed by atoms with van der Waals surface area (Å²) in [5.41, 5.74) is 1.62. The Morgan fingerprint density at radius 2 is 1.88 bits per heavy atom. The number of benzene rings is 2. The standard InChI is InChI=1S/C24H29N5O3/c30-23(20-6-2-1-3-7-20)19-27-12-14-28(15-13-27)24(31)26-21-8-4-9-22(18-21)32-17-16-29-11-5-10-25-29/h1-11,18,23,30H,12-17,19H2,(H,26,31). The molecule has 8 nitrogen and oxygen atoms in total. The van der Waals surface area contributed by atoms with Gasteiger partial charge in [-0.25, -0.2) is 4.79 Å². The van der Waals surface area contributed by atoms with Crippen molar-refractivity contribution < 1.29 is 14.6 Å². The first kappa shape index (κ1) is 21.9. The van der Waals surface area contributed by atoms with Gasteiger partial charge in [0.2, 0.25) is 0 Å². The number of hydrogen-bond donors (Lipinski definition) is 2. The van der Waals surface area contributed by atoms with Crippen LogP contribution in [0.1, 0.15) is 11.7 Å². The van der Waals surface area contributed by atoms with Crippen LogP contribution in [0.15, 0.2) is 73.1 Å². The lowest BCUT2D eigenvalue weighted by molar-refractivity contribution is 0.0831. The van der Waals surface area contributed by atoms with Crippen molar-refractivity contribution in [1.82, 2.24) is 19.6 Å². The molecular formula is C24H29N5O3. The molecule has 0 aliphatic carbocycles. The van der Waals surface area contributed by atoms with Gasteiger partial charge in [-0.3, -0.25) is 9.58 Å². The monoisotopic (exact) mass is 435 g/mol. The molecule has 4 rings (SSSR count). The third-order valence-corrected chi connectivity index (χ3v) is 5.51. The summed E-state index contributed by atoms with van der Waals surface area (Å²) in [7, 11) is 0. The van der Waals surface area contributed by atoms with E-state index >= 15 is 0 Å². The number of nitrogens with zero attached hydrogens (tertiary/aromatic N) is 4. The Morgan fingerprint density at radius 3 is 2.62 bits per heavy atom. The largest absolute Gasteiger partial charge is 0.492 e. The van der Waals surface area contributed by atoms with E-state index in [-0.39, 0.29) is 6.03 Å². The summed E-state index contributed by atoms with van der Waals surface area (Å²) in [6.07, 6.45) is 3.11. The summed E-state index contributed by atoms with van der Waals surface area (Å²) >= 11 is 0. The predicted molar refractivity (Wildman–Crippen MR) is 123 cm³/mol. The van der Waals surface area contributed by atoms with E-state index in [1.165, 1.54) is 0 Å². The first-order chi connectivity index (χ1) is 15.7. The van der Waals surface area contributed by atoms with Gasteiger partial charge in [0, 0.05) is 56.9 Å². The quantitative estimate of drug-likeness (QED) is 0.569. The van der Waals surface area contributed by atoms with Gasteiger partial charge in [0.25, 0.3) is 0 Å². The number of ether oxygens (including phenoxy) is 1. The van der Waals surface area contributed by atoms with Gasteiger partial charge in [0.1, 0.15) is 12.4 Å². The van der Waals surface area contributed by atoms with Crippen LogP contribution in [-0.2, 0) is 6.54 Å². The number of hydrogen-bond acceptors (Lipinski definition) is 5. The minimum Gasteiger partial charge on any atom is -0.492 e. The Morgan fingerprint density at radius 1 is 1.06 bits per heavy atom. The average Bonchev–Trinajstić information content (AvgIpc) is 3.34. The summed E-state index contributed by atoms with van der Waals surface area (Å²) in [4.78, 5) is 16.7. The van der Waals surface area contributed by atoms with E-state index in [1.54, 1.807) is 11.1 Å². The molecule has 3 aromatic rings. The average molecular weight is 436 g/mol. The highest BCUT2D eigenvalue weighted by molar-refractivity contribution is 5.89. The van der Waals surface area contributed by atoms with Crippen LogP contribution in [0, 0.1) is 0 Å². The van der Waals surface area contributed by atoms with Gasteiger partial charge >= 0.3 is 6.03 Å². The number of amides is 2. The summed E-state index contributed by atoms with van der Waals surface area (Å²) in [5.74, 6) is 0.703. The number of carbonyl (C=O) groups is 1. The van der Waals surface area contributed by atoms with E-state index in [0.717, 1.165) is 18.7 Å². The van der Waals surface area contributed by atoms with Crippen molar-refractivity contribution in [2.75, 3.05) is 44.6 Å². The van der Waals surface area contributed by atoms with Crippen molar-refractivity contribution in [2.45, 2.75) is 12.6 Å². The summed E-state index contributed by atoms with van der Waals surface area (Å²) in [6, 6.07) is 18.8. The first-order valence-corrected chi connectivity index (χ1v) is 10.9.